The van der Waals surface area contributed by atoms with Crippen LogP contribution in [0.5, 0.6) is 11.5 Å². The number of hydrogen-bond donors (Lipinski definition) is 3. The van der Waals surface area contributed by atoms with E-state index in [-0.39, 0.29) is 10.6 Å². The summed E-state index contributed by atoms with van der Waals surface area (Å²) in [5.74, 6) is -0.939. The number of aliphatic hydroxyl groups excluding tert-OH is 1. The highest BCUT2D eigenvalue weighted by Gasteiger charge is 2.20. The van der Waals surface area contributed by atoms with Gasteiger partial charge in [-0.2, -0.15) is 0 Å². The summed E-state index contributed by atoms with van der Waals surface area (Å²) < 4.78 is 35.8. The van der Waals surface area contributed by atoms with Crippen molar-refractivity contribution >= 4 is 16.0 Å². The summed E-state index contributed by atoms with van der Waals surface area (Å²) in [7, 11) is -1.19. The highest BCUT2D eigenvalue weighted by Crippen LogP contribution is 2.29. The number of carbonyl (C=O) groups is 1. The Morgan fingerprint density at radius 2 is 1.90 bits per heavy atom. The average molecular weight is 305 g/mol. The van der Waals surface area contributed by atoms with E-state index in [1.165, 1.54) is 32.4 Å². The number of methoxy groups -OCH3 is 2. The van der Waals surface area contributed by atoms with Crippen molar-refractivity contribution < 1.29 is 32.9 Å². The van der Waals surface area contributed by atoms with Crippen LogP contribution >= 0.6 is 0 Å². The van der Waals surface area contributed by atoms with E-state index in [0.717, 1.165) is 0 Å². The van der Waals surface area contributed by atoms with E-state index >= 15 is 0 Å². The van der Waals surface area contributed by atoms with Crippen LogP contribution in [-0.2, 0) is 14.8 Å². The van der Waals surface area contributed by atoms with E-state index in [1.807, 2.05) is 4.72 Å². The van der Waals surface area contributed by atoms with E-state index in [2.05, 4.69) is 0 Å². The van der Waals surface area contributed by atoms with Gasteiger partial charge in [-0.25, -0.2) is 17.9 Å². The summed E-state index contributed by atoms with van der Waals surface area (Å²) in [4.78, 5) is 10.3. The standard InChI is InChI=1S/C11H15NO7S/c1-18-9-4-3-7(5-10(9)19-2)20(16,17)12-6-8(13)11(14)15/h3-5,8,12-13H,6H2,1-2H3,(H,14,15). The van der Waals surface area contributed by atoms with Gasteiger partial charge in [0.25, 0.3) is 0 Å². The molecule has 0 heterocycles. The minimum atomic E-state index is -3.96. The molecule has 0 amide bonds. The number of ether oxygens (including phenoxy) is 2. The van der Waals surface area contributed by atoms with E-state index in [9.17, 15) is 13.2 Å². The summed E-state index contributed by atoms with van der Waals surface area (Å²) >= 11 is 0. The van der Waals surface area contributed by atoms with Gasteiger partial charge >= 0.3 is 5.97 Å². The molecule has 112 valence electrons. The molecule has 1 aromatic rings. The van der Waals surface area contributed by atoms with Crippen molar-refractivity contribution in [3.63, 3.8) is 0 Å². The van der Waals surface area contributed by atoms with Crippen LogP contribution in [0.3, 0.4) is 0 Å². The molecule has 1 rings (SSSR count). The number of carboxylic acids is 1. The second kappa shape index (κ2) is 6.55. The first-order valence-corrected chi connectivity index (χ1v) is 6.92. The molecule has 0 aliphatic carbocycles. The van der Waals surface area contributed by atoms with Gasteiger partial charge in [0.05, 0.1) is 19.1 Å². The number of carboxylic acid groups (broad SMARTS) is 1. The zero-order valence-electron chi connectivity index (χ0n) is 10.9. The summed E-state index contributed by atoms with van der Waals surface area (Å²) in [6.07, 6.45) is -1.81. The minimum Gasteiger partial charge on any atom is -0.493 e. The van der Waals surface area contributed by atoms with Crippen LogP contribution in [0.15, 0.2) is 23.1 Å². The van der Waals surface area contributed by atoms with E-state index in [0.29, 0.717) is 5.75 Å². The summed E-state index contributed by atoms with van der Waals surface area (Å²) in [5.41, 5.74) is 0. The van der Waals surface area contributed by atoms with Crippen molar-refractivity contribution in [3.8, 4) is 11.5 Å². The Balaban J connectivity index is 2.95. The van der Waals surface area contributed by atoms with Gasteiger partial charge in [0.1, 0.15) is 0 Å². The number of hydrogen-bond acceptors (Lipinski definition) is 6. The highest BCUT2D eigenvalue weighted by atomic mass is 32.2. The molecule has 0 saturated carbocycles. The Bertz CT molecular complexity index is 584. The largest absolute Gasteiger partial charge is 0.493 e. The first kappa shape index (κ1) is 16.2. The van der Waals surface area contributed by atoms with Crippen molar-refractivity contribution in [3.05, 3.63) is 18.2 Å². The summed E-state index contributed by atoms with van der Waals surface area (Å²) in [6, 6.07) is 3.91. The molecule has 0 spiro atoms. The zero-order chi connectivity index (χ0) is 15.3. The molecule has 1 unspecified atom stereocenters. The maximum atomic E-state index is 11.9. The van der Waals surface area contributed by atoms with Crippen LogP contribution in [-0.4, -0.2) is 51.5 Å². The lowest BCUT2D eigenvalue weighted by atomic mass is 10.3. The van der Waals surface area contributed by atoms with Crippen molar-refractivity contribution in [2.75, 3.05) is 20.8 Å². The highest BCUT2D eigenvalue weighted by molar-refractivity contribution is 7.89. The molecule has 0 aromatic heterocycles. The SMILES string of the molecule is COc1ccc(S(=O)(=O)NCC(O)C(=O)O)cc1OC. The molecule has 0 aliphatic heterocycles. The second-order valence-electron chi connectivity index (χ2n) is 3.72. The van der Waals surface area contributed by atoms with Gasteiger partial charge < -0.3 is 19.7 Å². The van der Waals surface area contributed by atoms with E-state index in [4.69, 9.17) is 19.7 Å². The predicted molar refractivity (Wildman–Crippen MR) is 68.4 cm³/mol. The Hall–Kier alpha value is -1.84. The molecule has 0 saturated heterocycles. The van der Waals surface area contributed by atoms with Gasteiger partial charge in [0.2, 0.25) is 10.0 Å². The van der Waals surface area contributed by atoms with Gasteiger partial charge in [-0.3, -0.25) is 0 Å². The average Bonchev–Trinajstić information content (AvgIpc) is 2.43. The van der Waals surface area contributed by atoms with Gasteiger partial charge in [-0.15, -0.1) is 0 Å². The third-order valence-electron chi connectivity index (χ3n) is 2.42. The fourth-order valence-corrected chi connectivity index (χ4v) is 2.40. The van der Waals surface area contributed by atoms with Crippen LogP contribution < -0.4 is 14.2 Å². The van der Waals surface area contributed by atoms with Crippen molar-refractivity contribution in [2.24, 2.45) is 0 Å². The van der Waals surface area contributed by atoms with Gasteiger partial charge in [0, 0.05) is 12.6 Å². The molecule has 0 bridgehead atoms. The number of sulfonamides is 1. The molecule has 1 aromatic carbocycles. The molecule has 20 heavy (non-hydrogen) atoms. The Labute approximate surface area is 116 Å². The van der Waals surface area contributed by atoms with Gasteiger partial charge in [-0.05, 0) is 12.1 Å². The smallest absolute Gasteiger partial charge is 0.333 e. The van der Waals surface area contributed by atoms with E-state index < -0.39 is 28.6 Å². The molecular weight excluding hydrogens is 290 g/mol. The number of aliphatic hydroxyl groups is 1. The lowest BCUT2D eigenvalue weighted by molar-refractivity contribution is -0.146. The zero-order valence-corrected chi connectivity index (χ0v) is 11.7. The molecule has 0 aliphatic rings. The molecule has 3 N–H and O–H groups in total. The maximum Gasteiger partial charge on any atom is 0.333 e. The van der Waals surface area contributed by atoms with Crippen molar-refractivity contribution in [2.45, 2.75) is 11.0 Å². The quantitative estimate of drug-likeness (QED) is 0.616. The van der Waals surface area contributed by atoms with Gasteiger partial charge in [-0.1, -0.05) is 0 Å². The monoisotopic (exact) mass is 305 g/mol. The third kappa shape index (κ3) is 3.83. The molecule has 0 fully saturated rings. The fourth-order valence-electron chi connectivity index (χ4n) is 1.34. The van der Waals surface area contributed by atoms with Crippen LogP contribution in [0.25, 0.3) is 0 Å². The molecular formula is C11H15NO7S. The number of rotatable bonds is 7. The van der Waals surface area contributed by atoms with Crippen molar-refractivity contribution in [1.82, 2.24) is 4.72 Å². The fraction of sp³-hybridized carbons (Fsp3) is 0.364. The molecule has 0 radical (unpaired) electrons. The Morgan fingerprint density at radius 1 is 1.30 bits per heavy atom. The lowest BCUT2D eigenvalue weighted by Gasteiger charge is -2.11. The molecule has 9 heteroatoms. The number of benzene rings is 1. The maximum absolute atomic E-state index is 11.9. The van der Waals surface area contributed by atoms with Crippen LogP contribution in [0.1, 0.15) is 0 Å². The predicted octanol–water partition coefficient (Wildman–Crippen LogP) is -0.572. The van der Waals surface area contributed by atoms with Crippen LogP contribution in [0.2, 0.25) is 0 Å². The topological polar surface area (TPSA) is 122 Å². The first-order valence-electron chi connectivity index (χ1n) is 5.44. The lowest BCUT2D eigenvalue weighted by Crippen LogP contribution is -2.36. The molecule has 8 nitrogen and oxygen atoms in total. The minimum absolute atomic E-state index is 0.132. The van der Waals surface area contributed by atoms with Crippen LogP contribution in [0, 0.1) is 0 Å². The number of nitrogens with one attached hydrogen (secondary N) is 1. The number of aliphatic carboxylic acids is 1. The van der Waals surface area contributed by atoms with Gasteiger partial charge in [0.15, 0.2) is 17.6 Å². The second-order valence-corrected chi connectivity index (χ2v) is 5.49. The normalized spacial score (nSPS) is 12.8. The van der Waals surface area contributed by atoms with Crippen LogP contribution in [0.4, 0.5) is 0 Å². The third-order valence-corrected chi connectivity index (χ3v) is 3.84. The Kier molecular flexibility index (Phi) is 5.31. The summed E-state index contributed by atoms with van der Waals surface area (Å²) in [5, 5.41) is 17.5. The molecule has 1 atom stereocenters. The van der Waals surface area contributed by atoms with Crippen molar-refractivity contribution in [1.29, 1.82) is 0 Å². The van der Waals surface area contributed by atoms with E-state index in [1.54, 1.807) is 0 Å². The Morgan fingerprint density at radius 3 is 2.40 bits per heavy atom. The first-order chi connectivity index (χ1) is 9.31. The summed E-state index contributed by atoms with van der Waals surface area (Å²) in [6.45, 7) is -0.633.